The van der Waals surface area contributed by atoms with Crippen molar-refractivity contribution in [3.8, 4) is 11.4 Å². The molecule has 0 radical (unpaired) electrons. The Hall–Kier alpha value is -0.390. The Labute approximate surface area is 134 Å². The third kappa shape index (κ3) is 3.38. The molecule has 0 spiro atoms. The highest BCUT2D eigenvalue weighted by Gasteiger charge is 2.14. The van der Waals surface area contributed by atoms with Gasteiger partial charge in [-0.2, -0.15) is 0 Å². The Balaban J connectivity index is 2.59. The van der Waals surface area contributed by atoms with Crippen LogP contribution in [0.2, 0.25) is 15.2 Å². The molecule has 0 bridgehead atoms. The molecule has 0 aliphatic carbocycles. The van der Waals surface area contributed by atoms with Crippen LogP contribution >= 0.6 is 50.7 Å². The molecule has 2 rings (SSSR count). The molecule has 0 aliphatic rings. The van der Waals surface area contributed by atoms with Crippen LogP contribution < -0.4 is 0 Å². The molecule has 0 saturated heterocycles. The van der Waals surface area contributed by atoms with Gasteiger partial charge in [0.2, 0.25) is 0 Å². The minimum atomic E-state index is 0.299. The van der Waals surface area contributed by atoms with Crippen molar-refractivity contribution in [3.63, 3.8) is 0 Å². The first-order valence-corrected chi connectivity index (χ1v) is 7.12. The zero-order valence-electron chi connectivity index (χ0n) is 9.75. The summed E-state index contributed by atoms with van der Waals surface area (Å²) in [5.74, 6) is 0.410. The van der Waals surface area contributed by atoms with E-state index in [1.165, 1.54) is 0 Å². The van der Waals surface area contributed by atoms with Gasteiger partial charge in [0.05, 0.1) is 21.8 Å². The average Bonchev–Trinajstić information content (AvgIpc) is 2.38. The first-order valence-electron chi connectivity index (χ1n) is 5.19. The van der Waals surface area contributed by atoms with Gasteiger partial charge in [0.25, 0.3) is 0 Å². The lowest BCUT2D eigenvalue weighted by Crippen LogP contribution is -2.00. The Morgan fingerprint density at radius 3 is 2.63 bits per heavy atom. The summed E-state index contributed by atoms with van der Waals surface area (Å²) in [6, 6.07) is 5.08. The van der Waals surface area contributed by atoms with Crippen LogP contribution in [0.15, 0.2) is 22.7 Å². The predicted molar refractivity (Wildman–Crippen MR) is 80.9 cm³/mol. The highest BCUT2D eigenvalue weighted by atomic mass is 79.9. The summed E-state index contributed by atoms with van der Waals surface area (Å²) < 4.78 is 5.68. The first-order chi connectivity index (χ1) is 9.02. The third-order valence-electron chi connectivity index (χ3n) is 2.33. The predicted octanol–water partition coefficient (Wildman–Crippen LogP) is 5.01. The highest BCUT2D eigenvalue weighted by Crippen LogP contribution is 2.32. The summed E-state index contributed by atoms with van der Waals surface area (Å²) in [5.41, 5.74) is 1.27. The van der Waals surface area contributed by atoms with E-state index in [1.54, 1.807) is 25.3 Å². The smallest absolute Gasteiger partial charge is 0.162 e. The van der Waals surface area contributed by atoms with Crippen molar-refractivity contribution >= 4 is 50.7 Å². The van der Waals surface area contributed by atoms with Crippen LogP contribution in [0, 0.1) is 0 Å². The van der Waals surface area contributed by atoms with Gasteiger partial charge in [-0.15, -0.1) is 0 Å². The van der Waals surface area contributed by atoms with Gasteiger partial charge in [0.1, 0.15) is 5.15 Å². The van der Waals surface area contributed by atoms with Crippen LogP contribution in [0.25, 0.3) is 11.4 Å². The van der Waals surface area contributed by atoms with Gasteiger partial charge in [-0.05, 0) is 34.1 Å². The van der Waals surface area contributed by atoms with Crippen molar-refractivity contribution in [3.05, 3.63) is 43.6 Å². The van der Waals surface area contributed by atoms with E-state index in [0.29, 0.717) is 43.4 Å². The Bertz CT molecular complexity index is 622. The minimum Gasteiger partial charge on any atom is -0.378 e. The molecule has 0 atom stereocenters. The normalized spacial score (nSPS) is 10.8. The summed E-state index contributed by atoms with van der Waals surface area (Å²) >= 11 is 21.5. The van der Waals surface area contributed by atoms with Gasteiger partial charge in [-0.25, -0.2) is 9.97 Å². The number of rotatable bonds is 3. The maximum absolute atomic E-state index is 6.13. The van der Waals surface area contributed by atoms with E-state index in [2.05, 4.69) is 25.9 Å². The number of halogens is 4. The summed E-state index contributed by atoms with van der Waals surface area (Å²) in [6.45, 7) is 0.314. The van der Waals surface area contributed by atoms with Gasteiger partial charge in [-0.1, -0.05) is 34.8 Å². The molecule has 100 valence electrons. The molecule has 2 aromatic rings. The minimum absolute atomic E-state index is 0.299. The number of methoxy groups -OCH3 is 1. The van der Waals surface area contributed by atoms with Gasteiger partial charge in [0.15, 0.2) is 5.82 Å². The van der Waals surface area contributed by atoms with E-state index in [1.807, 2.05) is 0 Å². The maximum atomic E-state index is 6.13. The van der Waals surface area contributed by atoms with E-state index < -0.39 is 0 Å². The van der Waals surface area contributed by atoms with E-state index >= 15 is 0 Å². The second-order valence-corrected chi connectivity index (χ2v) is 5.65. The highest BCUT2D eigenvalue weighted by molar-refractivity contribution is 9.10. The lowest BCUT2D eigenvalue weighted by Gasteiger charge is -2.09. The topological polar surface area (TPSA) is 35.0 Å². The quantitative estimate of drug-likeness (QED) is 0.700. The molecular weight excluding hydrogens is 374 g/mol. The molecule has 1 aromatic heterocycles. The molecule has 1 aromatic carbocycles. The van der Waals surface area contributed by atoms with E-state index in [9.17, 15) is 0 Å². The second-order valence-electron chi connectivity index (χ2n) is 3.66. The van der Waals surface area contributed by atoms with Gasteiger partial charge in [0, 0.05) is 17.7 Å². The molecule has 1 heterocycles. The van der Waals surface area contributed by atoms with Crippen molar-refractivity contribution in [1.29, 1.82) is 0 Å². The molecule has 7 heteroatoms. The number of benzene rings is 1. The van der Waals surface area contributed by atoms with Crippen molar-refractivity contribution in [1.82, 2.24) is 9.97 Å². The third-order valence-corrected chi connectivity index (χ3v) is 4.23. The lowest BCUT2D eigenvalue weighted by atomic mass is 10.2. The van der Waals surface area contributed by atoms with Crippen LogP contribution in [0.5, 0.6) is 0 Å². The zero-order chi connectivity index (χ0) is 14.0. The standard InChI is InChI=1S/C12H8BrCl3N2O/c1-19-5-9-10(13)11(16)18-12(17-9)7-4-6(14)2-3-8(7)15/h2-4H,5H2,1H3. The average molecular weight is 382 g/mol. The van der Waals surface area contributed by atoms with E-state index in [4.69, 9.17) is 39.5 Å². The lowest BCUT2D eigenvalue weighted by molar-refractivity contribution is 0.181. The summed E-state index contributed by atoms with van der Waals surface area (Å²) in [5, 5.41) is 1.36. The molecule has 0 amide bonds. The van der Waals surface area contributed by atoms with E-state index in [-0.39, 0.29) is 0 Å². The monoisotopic (exact) mass is 380 g/mol. The molecule has 3 nitrogen and oxygen atoms in total. The molecule has 0 fully saturated rings. The number of ether oxygens (including phenoxy) is 1. The molecule has 0 N–H and O–H groups in total. The van der Waals surface area contributed by atoms with Crippen molar-refractivity contribution in [2.75, 3.05) is 7.11 Å². The van der Waals surface area contributed by atoms with E-state index in [0.717, 1.165) is 0 Å². The Kier molecular flexibility index (Phi) is 5.03. The summed E-state index contributed by atoms with van der Waals surface area (Å²) in [4.78, 5) is 8.58. The maximum Gasteiger partial charge on any atom is 0.162 e. The summed E-state index contributed by atoms with van der Waals surface area (Å²) in [6.07, 6.45) is 0. The fourth-order valence-electron chi connectivity index (χ4n) is 1.48. The SMILES string of the molecule is COCc1nc(-c2cc(Cl)ccc2Cl)nc(Cl)c1Br. The fourth-order valence-corrected chi connectivity index (χ4v) is 2.34. The van der Waals surface area contributed by atoms with Crippen LogP contribution in [0.3, 0.4) is 0 Å². The zero-order valence-corrected chi connectivity index (χ0v) is 13.6. The molecule has 19 heavy (non-hydrogen) atoms. The van der Waals surface area contributed by atoms with Crippen molar-refractivity contribution in [2.45, 2.75) is 6.61 Å². The fraction of sp³-hybridized carbons (Fsp3) is 0.167. The molecule has 0 saturated carbocycles. The van der Waals surface area contributed by atoms with Crippen LogP contribution in [-0.2, 0) is 11.3 Å². The number of aromatic nitrogens is 2. The molecule has 0 aliphatic heterocycles. The van der Waals surface area contributed by atoms with Crippen molar-refractivity contribution < 1.29 is 4.74 Å². The van der Waals surface area contributed by atoms with Crippen LogP contribution in [0.1, 0.15) is 5.69 Å². The number of hydrogen-bond acceptors (Lipinski definition) is 3. The molecular formula is C12H8BrCl3N2O. The molecule has 0 unspecified atom stereocenters. The number of nitrogens with zero attached hydrogens (tertiary/aromatic N) is 2. The number of hydrogen-bond donors (Lipinski definition) is 0. The first kappa shape index (κ1) is 15.0. The Morgan fingerprint density at radius 1 is 1.21 bits per heavy atom. The van der Waals surface area contributed by atoms with Crippen LogP contribution in [-0.4, -0.2) is 17.1 Å². The summed E-state index contributed by atoms with van der Waals surface area (Å²) in [7, 11) is 1.58. The Morgan fingerprint density at radius 2 is 1.95 bits per heavy atom. The largest absolute Gasteiger partial charge is 0.378 e. The van der Waals surface area contributed by atoms with Gasteiger partial charge >= 0.3 is 0 Å². The van der Waals surface area contributed by atoms with Gasteiger partial charge in [-0.3, -0.25) is 0 Å². The van der Waals surface area contributed by atoms with Crippen molar-refractivity contribution in [2.24, 2.45) is 0 Å². The van der Waals surface area contributed by atoms with Crippen LogP contribution in [0.4, 0.5) is 0 Å². The van der Waals surface area contributed by atoms with Gasteiger partial charge < -0.3 is 4.74 Å². The second kappa shape index (κ2) is 6.37.